The molecule has 2 atom stereocenters. The molecule has 2 fully saturated rings. The molecule has 2 aromatic carbocycles. The molecular weight excluding hydrogens is 587 g/mol. The van der Waals surface area contributed by atoms with Gasteiger partial charge in [0.15, 0.2) is 0 Å². The zero-order chi connectivity index (χ0) is 32.1. The Morgan fingerprint density at radius 3 is 2.24 bits per heavy atom. The Morgan fingerprint density at radius 2 is 1.57 bits per heavy atom. The van der Waals surface area contributed by atoms with Crippen LogP contribution < -0.4 is 15.1 Å². The Hall–Kier alpha value is -4.02. The number of likely N-dealkylation sites (N-methyl/N-ethyl adjacent to an activating group) is 1. The van der Waals surface area contributed by atoms with Gasteiger partial charge in [-0.25, -0.2) is 9.97 Å². The Balaban J connectivity index is 1.30. The molecule has 2 aromatic heterocycles. The summed E-state index contributed by atoms with van der Waals surface area (Å²) < 4.78 is 40.7. The molecule has 46 heavy (non-hydrogen) atoms. The van der Waals surface area contributed by atoms with Crippen molar-refractivity contribution in [1.29, 1.82) is 0 Å². The molecule has 4 heterocycles. The van der Waals surface area contributed by atoms with Gasteiger partial charge in [0.1, 0.15) is 0 Å². The highest BCUT2D eigenvalue weighted by Gasteiger charge is 2.41. The number of alkyl halides is 3. The minimum absolute atomic E-state index is 0.222. The van der Waals surface area contributed by atoms with Gasteiger partial charge in [-0.3, -0.25) is 4.98 Å². The summed E-state index contributed by atoms with van der Waals surface area (Å²) in [5.41, 5.74) is 3.94. The van der Waals surface area contributed by atoms with Crippen LogP contribution in [0.2, 0.25) is 0 Å². The van der Waals surface area contributed by atoms with Crippen LogP contribution in [-0.4, -0.2) is 71.3 Å². The van der Waals surface area contributed by atoms with E-state index in [4.69, 9.17) is 9.97 Å². The molecule has 0 aliphatic carbocycles. The van der Waals surface area contributed by atoms with Crippen LogP contribution in [0.1, 0.15) is 43.7 Å². The van der Waals surface area contributed by atoms with Gasteiger partial charge in [-0.2, -0.15) is 13.2 Å². The van der Waals surface area contributed by atoms with E-state index in [1.165, 1.54) is 25.0 Å². The van der Waals surface area contributed by atoms with E-state index in [-0.39, 0.29) is 6.04 Å². The molecule has 7 nitrogen and oxygen atoms in total. The Morgan fingerprint density at radius 1 is 0.870 bits per heavy atom. The molecular formula is C36H43F3N7+. The van der Waals surface area contributed by atoms with E-state index in [0.717, 1.165) is 79.1 Å². The fourth-order valence-corrected chi connectivity index (χ4v) is 7.23. The standard InChI is InChI=1S/C36H43F3N7/c1-3-44(31-14-19-40-20-15-31)30-12-6-27(7-13-30)25-45(32-5-4-24-46(2,26-32)33-16-21-41-22-17-33)35-42-23-18-34(43-35)28-8-10-29(11-9-28)36(37,38)39/h6-15,18-20,23,32-33,41H,3-5,16-17,21-22,24-26H2,1-2H3/q+1/t32?,46-/m0/s1. The predicted octanol–water partition coefficient (Wildman–Crippen LogP) is 7.08. The van der Waals surface area contributed by atoms with Gasteiger partial charge in [0, 0.05) is 74.5 Å². The second kappa shape index (κ2) is 13.8. The van der Waals surface area contributed by atoms with Crippen LogP contribution in [-0.2, 0) is 12.7 Å². The molecule has 6 rings (SSSR count). The van der Waals surface area contributed by atoms with Gasteiger partial charge in [0.2, 0.25) is 5.95 Å². The third-order valence-electron chi connectivity index (χ3n) is 9.76. The monoisotopic (exact) mass is 630 g/mol. The summed E-state index contributed by atoms with van der Waals surface area (Å²) in [6.45, 7) is 7.89. The average Bonchev–Trinajstić information content (AvgIpc) is 3.09. The molecule has 0 amide bonds. The first-order chi connectivity index (χ1) is 22.2. The molecule has 0 bridgehead atoms. The van der Waals surface area contributed by atoms with Crippen molar-refractivity contribution in [3.63, 3.8) is 0 Å². The highest BCUT2D eigenvalue weighted by atomic mass is 19.4. The van der Waals surface area contributed by atoms with Crippen molar-refractivity contribution < 1.29 is 17.7 Å². The third kappa shape index (κ3) is 7.18. The SMILES string of the molecule is CCN(c1ccncc1)c1ccc(CN(c2nccc(-c3ccc(C(F)(F)F)cc3)n2)C2CCC[N@+](C)(C3CCNCC3)C2)cc1. The zero-order valence-corrected chi connectivity index (χ0v) is 26.6. The summed E-state index contributed by atoms with van der Waals surface area (Å²) in [5, 5.41) is 3.51. The molecule has 1 N–H and O–H groups in total. The number of rotatable bonds is 9. The number of benzene rings is 2. The number of pyridine rings is 1. The average molecular weight is 631 g/mol. The smallest absolute Gasteiger partial charge is 0.342 e. The first-order valence-electron chi connectivity index (χ1n) is 16.3. The van der Waals surface area contributed by atoms with E-state index >= 15 is 0 Å². The lowest BCUT2D eigenvalue weighted by Gasteiger charge is -2.50. The van der Waals surface area contributed by atoms with Crippen LogP contribution in [0.3, 0.4) is 0 Å². The number of piperidine rings is 2. The van der Waals surface area contributed by atoms with Gasteiger partial charge in [0.05, 0.1) is 43.5 Å². The van der Waals surface area contributed by atoms with Crippen LogP contribution >= 0.6 is 0 Å². The van der Waals surface area contributed by atoms with Crippen LogP contribution in [0.25, 0.3) is 11.3 Å². The lowest BCUT2D eigenvalue weighted by atomic mass is 9.94. The van der Waals surface area contributed by atoms with Crippen molar-refractivity contribution in [2.75, 3.05) is 49.6 Å². The largest absolute Gasteiger partial charge is 0.416 e. The van der Waals surface area contributed by atoms with Crippen molar-refractivity contribution in [3.05, 3.63) is 96.4 Å². The Kier molecular flexibility index (Phi) is 9.56. The third-order valence-corrected chi connectivity index (χ3v) is 9.76. The van der Waals surface area contributed by atoms with Crippen molar-refractivity contribution in [1.82, 2.24) is 20.3 Å². The van der Waals surface area contributed by atoms with E-state index in [1.54, 1.807) is 12.3 Å². The molecule has 2 saturated heterocycles. The highest BCUT2D eigenvalue weighted by molar-refractivity contribution is 5.63. The number of hydrogen-bond donors (Lipinski definition) is 1. The number of aromatic nitrogens is 3. The van der Waals surface area contributed by atoms with E-state index in [0.29, 0.717) is 29.8 Å². The number of quaternary nitrogens is 1. The predicted molar refractivity (Wildman–Crippen MR) is 177 cm³/mol. The highest BCUT2D eigenvalue weighted by Crippen LogP contribution is 2.33. The first kappa shape index (κ1) is 31.9. The van der Waals surface area contributed by atoms with E-state index < -0.39 is 11.7 Å². The summed E-state index contributed by atoms with van der Waals surface area (Å²) >= 11 is 0. The fraction of sp³-hybridized carbons (Fsp3) is 0.417. The molecule has 1 unspecified atom stereocenters. The maximum atomic E-state index is 13.2. The van der Waals surface area contributed by atoms with Crippen LogP contribution in [0.5, 0.6) is 0 Å². The summed E-state index contributed by atoms with van der Waals surface area (Å²) in [7, 11) is 2.41. The van der Waals surface area contributed by atoms with E-state index in [9.17, 15) is 13.2 Å². The van der Waals surface area contributed by atoms with Gasteiger partial charge in [0.25, 0.3) is 0 Å². The first-order valence-corrected chi connectivity index (χ1v) is 16.3. The number of nitrogens with one attached hydrogen (secondary N) is 1. The molecule has 4 aromatic rings. The number of anilines is 3. The second-order valence-corrected chi connectivity index (χ2v) is 12.7. The van der Waals surface area contributed by atoms with Gasteiger partial charge in [-0.1, -0.05) is 24.3 Å². The quantitative estimate of drug-likeness (QED) is 0.200. The van der Waals surface area contributed by atoms with Crippen LogP contribution in [0.15, 0.2) is 85.3 Å². The van der Waals surface area contributed by atoms with Crippen molar-refractivity contribution >= 4 is 17.3 Å². The van der Waals surface area contributed by atoms with Crippen molar-refractivity contribution in [2.45, 2.75) is 57.4 Å². The fourth-order valence-electron chi connectivity index (χ4n) is 7.23. The summed E-state index contributed by atoms with van der Waals surface area (Å²) in [4.78, 5) is 18.5. The Bertz CT molecular complexity index is 1560. The molecule has 2 aliphatic rings. The summed E-state index contributed by atoms with van der Waals surface area (Å²) in [5.74, 6) is 0.609. The van der Waals surface area contributed by atoms with Crippen LogP contribution in [0, 0.1) is 0 Å². The van der Waals surface area contributed by atoms with Crippen molar-refractivity contribution in [2.24, 2.45) is 0 Å². The lowest BCUT2D eigenvalue weighted by molar-refractivity contribution is -0.939. The van der Waals surface area contributed by atoms with Gasteiger partial charge >= 0.3 is 6.18 Å². The topological polar surface area (TPSA) is 57.2 Å². The molecule has 242 valence electrons. The van der Waals surface area contributed by atoms with E-state index in [2.05, 4.69) is 58.3 Å². The lowest BCUT2D eigenvalue weighted by Crippen LogP contribution is -2.63. The number of likely N-dealkylation sites (tertiary alicyclic amines) is 1. The molecule has 0 radical (unpaired) electrons. The summed E-state index contributed by atoms with van der Waals surface area (Å²) in [6.07, 6.45) is 5.48. The zero-order valence-electron chi connectivity index (χ0n) is 26.6. The molecule has 0 spiro atoms. The van der Waals surface area contributed by atoms with Gasteiger partial charge in [-0.05, 0) is 67.8 Å². The normalized spacial score (nSPS) is 20.8. The van der Waals surface area contributed by atoms with Crippen molar-refractivity contribution in [3.8, 4) is 11.3 Å². The second-order valence-electron chi connectivity index (χ2n) is 12.7. The maximum absolute atomic E-state index is 13.2. The molecule has 2 aliphatic heterocycles. The van der Waals surface area contributed by atoms with Gasteiger partial charge < -0.3 is 19.6 Å². The number of hydrogen-bond acceptors (Lipinski definition) is 6. The van der Waals surface area contributed by atoms with Gasteiger partial charge in [-0.15, -0.1) is 0 Å². The van der Waals surface area contributed by atoms with Crippen LogP contribution in [0.4, 0.5) is 30.5 Å². The maximum Gasteiger partial charge on any atom is 0.416 e. The minimum Gasteiger partial charge on any atom is -0.342 e. The molecule has 0 saturated carbocycles. The minimum atomic E-state index is -4.38. The summed E-state index contributed by atoms with van der Waals surface area (Å²) in [6, 6.07) is 20.5. The number of nitrogens with zero attached hydrogens (tertiary/aromatic N) is 6. The van der Waals surface area contributed by atoms with E-state index in [1.807, 2.05) is 24.5 Å². The molecule has 10 heteroatoms. The number of halogens is 3. The Labute approximate surface area is 269 Å².